The molecule has 0 saturated carbocycles. The Morgan fingerprint density at radius 1 is 0.952 bits per heavy atom. The van der Waals surface area contributed by atoms with E-state index in [-0.39, 0.29) is 0 Å². The number of nitrogens with zero attached hydrogens (tertiary/aromatic N) is 1. The molecule has 0 aliphatic carbocycles. The van der Waals surface area contributed by atoms with Crippen LogP contribution >= 0.6 is 0 Å². The minimum absolute atomic E-state index is 0.360. The van der Waals surface area contributed by atoms with E-state index in [1.54, 1.807) is 0 Å². The molecule has 0 saturated heterocycles. The minimum atomic E-state index is 0.360. The van der Waals surface area contributed by atoms with E-state index >= 15 is 0 Å². The van der Waals surface area contributed by atoms with E-state index in [9.17, 15) is 0 Å². The van der Waals surface area contributed by atoms with Crippen LogP contribution in [-0.2, 0) is 0 Å². The Bertz CT molecular complexity index is 465. The third kappa shape index (κ3) is 7.32. The van der Waals surface area contributed by atoms with Gasteiger partial charge in [-0.1, -0.05) is 47.8 Å². The SMILES string of the molecule is CC(=CC(C)C(C)=C(C)CCC(C)=C(C)C)C(C)CC#N. The Morgan fingerprint density at radius 2 is 1.48 bits per heavy atom. The lowest BCUT2D eigenvalue weighted by atomic mass is 9.90. The standard InChI is InChI=1S/C20H33N/c1-14(2)15(3)9-10-17(5)20(8)19(7)13-18(6)16(4)11-12-21/h13,16,19H,9-11H2,1-8H3. The van der Waals surface area contributed by atoms with Gasteiger partial charge in [0.2, 0.25) is 0 Å². The summed E-state index contributed by atoms with van der Waals surface area (Å²) in [5.41, 5.74) is 7.25. The van der Waals surface area contributed by atoms with Gasteiger partial charge in [0, 0.05) is 6.42 Å². The first-order valence-electron chi connectivity index (χ1n) is 8.05. The van der Waals surface area contributed by atoms with Crippen molar-refractivity contribution in [2.24, 2.45) is 11.8 Å². The highest BCUT2D eigenvalue weighted by Gasteiger charge is 2.09. The Hall–Kier alpha value is -1.29. The van der Waals surface area contributed by atoms with Crippen molar-refractivity contribution < 1.29 is 0 Å². The fraction of sp³-hybridized carbons (Fsp3) is 0.650. The Kier molecular flexibility index (Phi) is 9.02. The van der Waals surface area contributed by atoms with Crippen molar-refractivity contribution in [2.45, 2.75) is 74.7 Å². The van der Waals surface area contributed by atoms with Crippen LogP contribution < -0.4 is 0 Å². The molecule has 0 amide bonds. The average molecular weight is 287 g/mol. The van der Waals surface area contributed by atoms with Crippen LogP contribution in [0.15, 0.2) is 33.9 Å². The predicted octanol–water partition coefficient (Wildman–Crippen LogP) is 6.59. The van der Waals surface area contributed by atoms with Crippen molar-refractivity contribution >= 4 is 0 Å². The summed E-state index contributed by atoms with van der Waals surface area (Å²) in [6, 6.07) is 2.26. The summed E-state index contributed by atoms with van der Waals surface area (Å²) in [7, 11) is 0. The summed E-state index contributed by atoms with van der Waals surface area (Å²) < 4.78 is 0. The Balaban J connectivity index is 4.85. The third-order valence-corrected chi connectivity index (χ3v) is 4.77. The van der Waals surface area contributed by atoms with Crippen molar-refractivity contribution in [3.63, 3.8) is 0 Å². The van der Waals surface area contributed by atoms with Crippen LogP contribution in [0, 0.1) is 23.2 Å². The largest absolute Gasteiger partial charge is 0.198 e. The molecule has 0 aromatic rings. The first-order chi connectivity index (χ1) is 9.70. The van der Waals surface area contributed by atoms with Crippen LogP contribution in [0.3, 0.4) is 0 Å². The van der Waals surface area contributed by atoms with E-state index in [1.165, 1.54) is 27.9 Å². The van der Waals surface area contributed by atoms with Gasteiger partial charge in [0.1, 0.15) is 0 Å². The molecule has 1 heteroatoms. The first kappa shape index (κ1) is 19.7. The lowest BCUT2D eigenvalue weighted by Crippen LogP contribution is -2.01. The number of hydrogen-bond donors (Lipinski definition) is 0. The van der Waals surface area contributed by atoms with Gasteiger partial charge < -0.3 is 0 Å². The van der Waals surface area contributed by atoms with Gasteiger partial charge in [-0.25, -0.2) is 0 Å². The lowest BCUT2D eigenvalue weighted by Gasteiger charge is -2.16. The Labute approximate surface area is 132 Å². The van der Waals surface area contributed by atoms with Gasteiger partial charge in [0.15, 0.2) is 0 Å². The van der Waals surface area contributed by atoms with Gasteiger partial charge in [0.05, 0.1) is 6.07 Å². The van der Waals surface area contributed by atoms with Crippen LogP contribution in [0.1, 0.15) is 74.7 Å². The second kappa shape index (κ2) is 9.61. The van der Waals surface area contributed by atoms with Crippen LogP contribution in [0.4, 0.5) is 0 Å². The van der Waals surface area contributed by atoms with Crippen molar-refractivity contribution in [1.82, 2.24) is 0 Å². The maximum absolute atomic E-state index is 8.79. The molecule has 0 aliphatic rings. The van der Waals surface area contributed by atoms with Gasteiger partial charge in [-0.3, -0.25) is 0 Å². The molecule has 0 rings (SSSR count). The fourth-order valence-corrected chi connectivity index (χ4v) is 2.19. The van der Waals surface area contributed by atoms with E-state index in [2.05, 4.69) is 67.5 Å². The number of hydrogen-bond acceptors (Lipinski definition) is 1. The zero-order valence-electron chi connectivity index (χ0n) is 15.3. The quantitative estimate of drug-likeness (QED) is 0.484. The summed E-state index contributed by atoms with van der Waals surface area (Å²) in [6.45, 7) is 17.6. The van der Waals surface area contributed by atoms with Gasteiger partial charge in [0.25, 0.3) is 0 Å². The molecular formula is C20H33N. The molecule has 0 heterocycles. The molecule has 0 aliphatic heterocycles. The van der Waals surface area contributed by atoms with Crippen LogP contribution in [0.5, 0.6) is 0 Å². The van der Waals surface area contributed by atoms with E-state index in [4.69, 9.17) is 5.26 Å². The number of nitriles is 1. The molecular weight excluding hydrogens is 254 g/mol. The normalized spacial score (nSPS) is 15.9. The van der Waals surface area contributed by atoms with Gasteiger partial charge in [-0.05, 0) is 66.2 Å². The molecule has 0 aromatic heterocycles. The minimum Gasteiger partial charge on any atom is -0.198 e. The topological polar surface area (TPSA) is 23.8 Å². The van der Waals surface area contributed by atoms with Gasteiger partial charge in [-0.2, -0.15) is 5.26 Å². The van der Waals surface area contributed by atoms with Gasteiger partial charge in [-0.15, -0.1) is 0 Å². The van der Waals surface area contributed by atoms with Gasteiger partial charge >= 0.3 is 0 Å². The molecule has 0 N–H and O–H groups in total. The van der Waals surface area contributed by atoms with Crippen molar-refractivity contribution in [1.29, 1.82) is 5.26 Å². The number of rotatable bonds is 7. The van der Waals surface area contributed by atoms with Crippen molar-refractivity contribution in [3.8, 4) is 6.07 Å². The van der Waals surface area contributed by atoms with E-state index in [0.29, 0.717) is 18.3 Å². The van der Waals surface area contributed by atoms with Crippen LogP contribution in [0.2, 0.25) is 0 Å². The maximum Gasteiger partial charge on any atom is 0.0627 e. The molecule has 0 aromatic carbocycles. The zero-order valence-corrected chi connectivity index (χ0v) is 15.3. The molecule has 0 bridgehead atoms. The maximum atomic E-state index is 8.79. The predicted molar refractivity (Wildman–Crippen MR) is 94.0 cm³/mol. The molecule has 0 fully saturated rings. The highest BCUT2D eigenvalue weighted by Crippen LogP contribution is 2.24. The third-order valence-electron chi connectivity index (χ3n) is 4.77. The highest BCUT2D eigenvalue weighted by atomic mass is 14.2. The van der Waals surface area contributed by atoms with Crippen LogP contribution in [-0.4, -0.2) is 0 Å². The molecule has 1 nitrogen and oxygen atoms in total. The average Bonchev–Trinajstić information content (AvgIpc) is 2.43. The van der Waals surface area contributed by atoms with Crippen LogP contribution in [0.25, 0.3) is 0 Å². The fourth-order valence-electron chi connectivity index (χ4n) is 2.19. The van der Waals surface area contributed by atoms with E-state index in [1.807, 2.05) is 0 Å². The number of allylic oxidation sites excluding steroid dienone is 6. The summed E-state index contributed by atoms with van der Waals surface area (Å²) in [6.07, 6.45) is 5.24. The summed E-state index contributed by atoms with van der Waals surface area (Å²) >= 11 is 0. The molecule has 2 atom stereocenters. The van der Waals surface area contributed by atoms with E-state index < -0.39 is 0 Å². The highest BCUT2D eigenvalue weighted by molar-refractivity contribution is 5.21. The van der Waals surface area contributed by atoms with Crippen molar-refractivity contribution in [3.05, 3.63) is 33.9 Å². The Morgan fingerprint density at radius 3 is 1.95 bits per heavy atom. The zero-order chi connectivity index (χ0) is 16.6. The monoisotopic (exact) mass is 287 g/mol. The second-order valence-electron chi connectivity index (χ2n) is 6.71. The smallest absolute Gasteiger partial charge is 0.0627 e. The molecule has 0 radical (unpaired) electrons. The second-order valence-corrected chi connectivity index (χ2v) is 6.71. The molecule has 21 heavy (non-hydrogen) atoms. The first-order valence-corrected chi connectivity index (χ1v) is 8.05. The summed E-state index contributed by atoms with van der Waals surface area (Å²) in [5.74, 6) is 0.816. The molecule has 0 spiro atoms. The van der Waals surface area contributed by atoms with E-state index in [0.717, 1.165) is 12.8 Å². The molecule has 118 valence electrons. The lowest BCUT2D eigenvalue weighted by molar-refractivity contribution is 0.683. The molecule has 2 unspecified atom stereocenters. The van der Waals surface area contributed by atoms with Crippen molar-refractivity contribution in [2.75, 3.05) is 0 Å². The summed E-state index contributed by atoms with van der Waals surface area (Å²) in [4.78, 5) is 0. The summed E-state index contributed by atoms with van der Waals surface area (Å²) in [5, 5.41) is 8.79.